The van der Waals surface area contributed by atoms with E-state index in [0.717, 1.165) is 12.2 Å². The minimum Gasteiger partial charge on any atom is -0.365 e. The average molecular weight is 228 g/mol. The zero-order valence-corrected chi connectivity index (χ0v) is 7.96. The molecule has 8 heteroatoms. The van der Waals surface area contributed by atoms with Crippen LogP contribution in [0.2, 0.25) is 0 Å². The molecule has 0 heterocycles. The van der Waals surface area contributed by atoms with Crippen LogP contribution in [0.5, 0.6) is 0 Å². The number of ether oxygens (including phenoxy) is 1. The van der Waals surface area contributed by atoms with E-state index in [1.165, 1.54) is 0 Å². The lowest BCUT2D eigenvalue weighted by Crippen LogP contribution is -2.17. The van der Waals surface area contributed by atoms with Gasteiger partial charge in [-0.05, 0) is 12.2 Å². The van der Waals surface area contributed by atoms with Crippen LogP contribution < -0.4 is 0 Å². The molecule has 14 heavy (non-hydrogen) atoms. The first-order valence-corrected chi connectivity index (χ1v) is 4.57. The Morgan fingerprint density at radius 1 is 1.07 bits per heavy atom. The van der Waals surface area contributed by atoms with E-state index in [0.29, 0.717) is 0 Å². The Labute approximate surface area is 81.5 Å². The molecule has 0 spiro atoms. The van der Waals surface area contributed by atoms with Gasteiger partial charge in [-0.2, -0.15) is 8.42 Å². The van der Waals surface area contributed by atoms with Crippen molar-refractivity contribution in [1.29, 1.82) is 0 Å². The van der Waals surface area contributed by atoms with E-state index in [1.807, 2.05) is 0 Å². The second-order valence-corrected chi connectivity index (χ2v) is 2.73. The molecule has 0 radical (unpaired) electrons. The van der Waals surface area contributed by atoms with E-state index >= 15 is 0 Å². The summed E-state index contributed by atoms with van der Waals surface area (Å²) in [6.07, 6.45) is 0.0652. The highest BCUT2D eigenvalue weighted by Crippen LogP contribution is 1.93. The van der Waals surface area contributed by atoms with Crippen molar-refractivity contribution >= 4 is 10.4 Å². The molecular weight excluding hydrogens is 216 g/mol. The number of aliphatic hydroxyl groups is 2. The number of rotatable bonds is 4. The van der Waals surface area contributed by atoms with Gasteiger partial charge in [-0.15, -0.1) is 0 Å². The van der Waals surface area contributed by atoms with Crippen molar-refractivity contribution in [3.63, 3.8) is 0 Å². The average Bonchev–Trinajstić information content (AvgIpc) is 2.01. The molecule has 0 rings (SSSR count). The molecule has 2 atom stereocenters. The van der Waals surface area contributed by atoms with E-state index < -0.39 is 23.0 Å². The van der Waals surface area contributed by atoms with Crippen LogP contribution in [0.4, 0.5) is 0 Å². The first kappa shape index (κ1) is 15.7. The summed E-state index contributed by atoms with van der Waals surface area (Å²) >= 11 is 0. The van der Waals surface area contributed by atoms with Gasteiger partial charge in [0.15, 0.2) is 12.6 Å². The molecule has 0 bridgehead atoms. The molecule has 7 nitrogen and oxygen atoms in total. The van der Waals surface area contributed by atoms with E-state index in [4.69, 9.17) is 27.7 Å². The molecular formula is C6H12O7S. The normalized spacial score (nSPS) is 14.6. The highest BCUT2D eigenvalue weighted by atomic mass is 32.3. The van der Waals surface area contributed by atoms with Crippen molar-refractivity contribution in [2.75, 3.05) is 0 Å². The summed E-state index contributed by atoms with van der Waals surface area (Å²) in [5.74, 6) is 0. The third kappa shape index (κ3) is 22.5. The number of hydrogen-bond donors (Lipinski definition) is 4. The molecule has 0 aromatic carbocycles. The molecule has 0 amide bonds. The Kier molecular flexibility index (Phi) is 8.54. The van der Waals surface area contributed by atoms with Crippen molar-refractivity contribution in [2.45, 2.75) is 12.6 Å². The monoisotopic (exact) mass is 228 g/mol. The van der Waals surface area contributed by atoms with Crippen molar-refractivity contribution in [3.05, 3.63) is 25.3 Å². The van der Waals surface area contributed by atoms with Gasteiger partial charge < -0.3 is 14.9 Å². The fourth-order valence-corrected chi connectivity index (χ4v) is 0.254. The summed E-state index contributed by atoms with van der Waals surface area (Å²) < 4.78 is 36.0. The van der Waals surface area contributed by atoms with Crippen LogP contribution >= 0.6 is 0 Å². The van der Waals surface area contributed by atoms with Crippen LogP contribution in [0.25, 0.3) is 0 Å². The third-order valence-electron chi connectivity index (χ3n) is 0.682. The highest BCUT2D eigenvalue weighted by molar-refractivity contribution is 7.79. The van der Waals surface area contributed by atoms with Gasteiger partial charge in [-0.3, -0.25) is 9.11 Å². The molecule has 0 saturated carbocycles. The predicted octanol–water partition coefficient (Wildman–Crippen LogP) is -0.641. The van der Waals surface area contributed by atoms with Crippen LogP contribution in [0.15, 0.2) is 25.3 Å². The van der Waals surface area contributed by atoms with E-state index in [9.17, 15) is 0 Å². The van der Waals surface area contributed by atoms with Gasteiger partial charge in [0.2, 0.25) is 0 Å². The minimum atomic E-state index is -4.67. The largest absolute Gasteiger partial charge is 0.394 e. The third-order valence-corrected chi connectivity index (χ3v) is 0.682. The van der Waals surface area contributed by atoms with Crippen molar-refractivity contribution < 1.29 is 32.5 Å². The summed E-state index contributed by atoms with van der Waals surface area (Å²) in [5, 5.41) is 17.2. The van der Waals surface area contributed by atoms with Gasteiger partial charge in [0.1, 0.15) is 0 Å². The van der Waals surface area contributed by atoms with Crippen LogP contribution in [-0.2, 0) is 15.1 Å². The van der Waals surface area contributed by atoms with Crippen LogP contribution in [0.1, 0.15) is 0 Å². The molecule has 0 fully saturated rings. The second-order valence-electron chi connectivity index (χ2n) is 1.84. The lowest BCUT2D eigenvalue weighted by atomic mass is 10.6. The van der Waals surface area contributed by atoms with Crippen LogP contribution in [0, 0.1) is 0 Å². The first-order chi connectivity index (χ1) is 6.20. The zero-order valence-electron chi connectivity index (χ0n) is 7.15. The summed E-state index contributed by atoms with van der Waals surface area (Å²) in [7, 11) is -4.67. The predicted molar refractivity (Wildman–Crippen MR) is 47.7 cm³/mol. The molecule has 84 valence electrons. The highest BCUT2D eigenvalue weighted by Gasteiger charge is 2.01. The quantitative estimate of drug-likeness (QED) is 0.286. The Hall–Kier alpha value is -0.770. The fraction of sp³-hybridized carbons (Fsp3) is 0.333. The standard InChI is InChI=1S/C6H10O3.H2O4S/c1-3-5(7)9-6(8)4-2;1-5(2,3)4/h3-8H,1-2H2;(H2,1,2,3,4). The van der Waals surface area contributed by atoms with E-state index in [1.54, 1.807) is 0 Å². The lowest BCUT2D eigenvalue weighted by molar-refractivity contribution is -0.163. The summed E-state index contributed by atoms with van der Waals surface area (Å²) in [6, 6.07) is 0. The van der Waals surface area contributed by atoms with Crippen LogP contribution in [0.3, 0.4) is 0 Å². The maximum absolute atomic E-state index is 8.74. The molecule has 0 aromatic heterocycles. The summed E-state index contributed by atoms with van der Waals surface area (Å²) in [6.45, 7) is 6.46. The Balaban J connectivity index is 0. The molecule has 0 aromatic rings. The summed E-state index contributed by atoms with van der Waals surface area (Å²) in [4.78, 5) is 0. The van der Waals surface area contributed by atoms with Gasteiger partial charge in [0.05, 0.1) is 0 Å². The molecule has 0 aliphatic heterocycles. The molecule has 0 aliphatic rings. The van der Waals surface area contributed by atoms with Gasteiger partial charge in [-0.25, -0.2) is 0 Å². The fourth-order valence-electron chi connectivity index (χ4n) is 0.254. The smallest absolute Gasteiger partial charge is 0.365 e. The van der Waals surface area contributed by atoms with Gasteiger partial charge >= 0.3 is 10.4 Å². The number of hydrogen-bond acceptors (Lipinski definition) is 5. The van der Waals surface area contributed by atoms with Crippen molar-refractivity contribution in [3.8, 4) is 0 Å². The molecule has 2 unspecified atom stereocenters. The van der Waals surface area contributed by atoms with E-state index in [2.05, 4.69) is 17.9 Å². The maximum atomic E-state index is 8.74. The molecule has 4 N–H and O–H groups in total. The maximum Gasteiger partial charge on any atom is 0.394 e. The number of aliphatic hydroxyl groups excluding tert-OH is 2. The first-order valence-electron chi connectivity index (χ1n) is 3.17. The molecule has 0 aliphatic carbocycles. The lowest BCUT2D eigenvalue weighted by Gasteiger charge is -2.09. The Morgan fingerprint density at radius 2 is 1.29 bits per heavy atom. The second kappa shape index (κ2) is 7.62. The van der Waals surface area contributed by atoms with Crippen LogP contribution in [-0.4, -0.2) is 40.3 Å². The van der Waals surface area contributed by atoms with E-state index in [-0.39, 0.29) is 0 Å². The van der Waals surface area contributed by atoms with Crippen molar-refractivity contribution in [2.24, 2.45) is 0 Å². The zero-order chi connectivity index (χ0) is 11.8. The molecule has 0 saturated heterocycles. The van der Waals surface area contributed by atoms with Gasteiger partial charge in [0.25, 0.3) is 0 Å². The SMILES string of the molecule is C=CC(O)OC(O)C=C.O=S(=O)(O)O. The Morgan fingerprint density at radius 3 is 1.43 bits per heavy atom. The Bertz CT molecular complexity index is 237. The topological polar surface area (TPSA) is 124 Å². The summed E-state index contributed by atoms with van der Waals surface area (Å²) in [5.41, 5.74) is 0. The van der Waals surface area contributed by atoms with Gasteiger partial charge in [-0.1, -0.05) is 13.2 Å². The minimum absolute atomic E-state index is 1.13. The van der Waals surface area contributed by atoms with Gasteiger partial charge in [0, 0.05) is 0 Å². The van der Waals surface area contributed by atoms with Crippen molar-refractivity contribution in [1.82, 2.24) is 0 Å².